The number of amides is 1. The lowest BCUT2D eigenvalue weighted by Gasteiger charge is -2.40. The lowest BCUT2D eigenvalue weighted by molar-refractivity contribution is -0.145. The number of rotatable bonds is 4. The van der Waals surface area contributed by atoms with E-state index in [1.54, 1.807) is 0 Å². The smallest absolute Gasteiger partial charge is 0.230 e. The number of hydrogen-bond acceptors (Lipinski definition) is 3. The van der Waals surface area contributed by atoms with Crippen LogP contribution in [-0.4, -0.2) is 58.5 Å². The molecule has 0 N–H and O–H groups in total. The van der Waals surface area contributed by atoms with E-state index in [4.69, 9.17) is 4.98 Å². The zero-order valence-electron chi connectivity index (χ0n) is 15.2. The Morgan fingerprint density at radius 3 is 2.83 bits per heavy atom. The van der Waals surface area contributed by atoms with Gasteiger partial charge in [-0.2, -0.15) is 0 Å². The van der Waals surface area contributed by atoms with Gasteiger partial charge in [0.05, 0.1) is 17.4 Å². The Hall–Kier alpha value is -1.36. The van der Waals surface area contributed by atoms with E-state index in [-0.39, 0.29) is 11.3 Å². The van der Waals surface area contributed by atoms with Gasteiger partial charge >= 0.3 is 0 Å². The van der Waals surface area contributed by atoms with Gasteiger partial charge in [0.1, 0.15) is 0 Å². The number of piperidine rings is 1. The van der Waals surface area contributed by atoms with E-state index < -0.39 is 0 Å². The first-order chi connectivity index (χ1) is 11.5. The molecule has 1 amide bonds. The largest absolute Gasteiger partial charge is 0.345 e. The van der Waals surface area contributed by atoms with Crippen molar-refractivity contribution in [2.75, 3.05) is 33.2 Å². The molecule has 0 bridgehead atoms. The number of carbonyl (C=O) groups excluding carboxylic acids is 1. The third-order valence-electron chi connectivity index (χ3n) is 6.29. The minimum Gasteiger partial charge on any atom is -0.345 e. The molecular weight excluding hydrogens is 300 g/mol. The van der Waals surface area contributed by atoms with Gasteiger partial charge in [-0.1, -0.05) is 0 Å². The molecule has 1 aromatic rings. The molecule has 3 aliphatic rings. The van der Waals surface area contributed by atoms with Crippen LogP contribution in [0.15, 0.2) is 12.5 Å². The van der Waals surface area contributed by atoms with E-state index in [1.807, 2.05) is 18.3 Å². The minimum atomic E-state index is -0.252. The highest BCUT2D eigenvalue weighted by atomic mass is 16.2. The van der Waals surface area contributed by atoms with Crippen molar-refractivity contribution >= 4 is 5.91 Å². The molecular formula is C19H30N4O. The Kier molecular flexibility index (Phi) is 3.94. The Labute approximate surface area is 145 Å². The minimum absolute atomic E-state index is 0.242. The Morgan fingerprint density at radius 2 is 2.17 bits per heavy atom. The number of nitrogens with zero attached hydrogens (tertiary/aromatic N) is 4. The fourth-order valence-corrected chi connectivity index (χ4v) is 4.69. The van der Waals surface area contributed by atoms with Crippen LogP contribution in [0.25, 0.3) is 0 Å². The van der Waals surface area contributed by atoms with Crippen molar-refractivity contribution < 1.29 is 4.79 Å². The predicted octanol–water partition coefficient (Wildman–Crippen LogP) is 2.51. The molecule has 0 radical (unpaired) electrons. The maximum absolute atomic E-state index is 13.2. The summed E-state index contributed by atoms with van der Waals surface area (Å²) in [6.45, 7) is 8.33. The lowest BCUT2D eigenvalue weighted by Crippen LogP contribution is -2.50. The average Bonchev–Trinajstić information content (AvgIpc) is 3.09. The van der Waals surface area contributed by atoms with Crippen LogP contribution in [0.2, 0.25) is 0 Å². The highest BCUT2D eigenvalue weighted by molar-refractivity contribution is 5.85. The van der Waals surface area contributed by atoms with E-state index in [1.165, 1.54) is 19.4 Å². The maximum Gasteiger partial charge on any atom is 0.230 e. The summed E-state index contributed by atoms with van der Waals surface area (Å²) in [6, 6.07) is 0.413. The molecule has 1 saturated carbocycles. The summed E-state index contributed by atoms with van der Waals surface area (Å²) in [7, 11) is 1.97. The molecule has 2 aliphatic heterocycles. The third kappa shape index (κ3) is 2.67. The number of imidazole rings is 1. The molecule has 5 nitrogen and oxygen atoms in total. The van der Waals surface area contributed by atoms with Gasteiger partial charge in [0.25, 0.3) is 0 Å². The van der Waals surface area contributed by atoms with Gasteiger partial charge in [-0.15, -0.1) is 0 Å². The van der Waals surface area contributed by atoms with Crippen LogP contribution in [0.3, 0.4) is 0 Å². The molecule has 1 aliphatic carbocycles. The van der Waals surface area contributed by atoms with Crippen LogP contribution in [0, 0.1) is 11.3 Å². The summed E-state index contributed by atoms with van der Waals surface area (Å²) in [5.41, 5.74) is 0.864. The van der Waals surface area contributed by atoms with E-state index in [0.29, 0.717) is 11.9 Å². The standard InChI is InChI=1S/C19H30N4O/c1-14(2)23-11-17(20-13-23)16-10-22(9-15-5-6-15)12-19(16)7-4-8-21(3)18(19)24/h11,13-16H,4-10,12H2,1-3H3/t16-,19+/m1/s1. The fraction of sp³-hybridized carbons (Fsp3) is 0.789. The van der Waals surface area contributed by atoms with Gasteiger partial charge < -0.3 is 14.4 Å². The summed E-state index contributed by atoms with van der Waals surface area (Å²) in [5, 5.41) is 0. The second-order valence-electron chi connectivity index (χ2n) is 8.52. The first-order valence-electron chi connectivity index (χ1n) is 9.51. The fourth-order valence-electron chi connectivity index (χ4n) is 4.69. The van der Waals surface area contributed by atoms with Gasteiger partial charge in [-0.05, 0) is 45.4 Å². The second-order valence-corrected chi connectivity index (χ2v) is 8.52. The van der Waals surface area contributed by atoms with Crippen molar-refractivity contribution in [3.8, 4) is 0 Å². The normalized spacial score (nSPS) is 31.6. The van der Waals surface area contributed by atoms with Crippen molar-refractivity contribution in [1.82, 2.24) is 19.4 Å². The second kappa shape index (κ2) is 5.87. The molecule has 0 aromatic carbocycles. The number of hydrogen-bond donors (Lipinski definition) is 0. The topological polar surface area (TPSA) is 41.4 Å². The van der Waals surface area contributed by atoms with E-state index in [9.17, 15) is 4.79 Å². The Bertz CT molecular complexity index is 621. The van der Waals surface area contributed by atoms with Crippen LogP contribution < -0.4 is 0 Å². The summed E-state index contributed by atoms with van der Waals surface area (Å²) in [6.07, 6.45) is 8.97. The first-order valence-corrected chi connectivity index (χ1v) is 9.51. The van der Waals surface area contributed by atoms with Crippen molar-refractivity contribution in [3.05, 3.63) is 18.2 Å². The summed E-state index contributed by atoms with van der Waals surface area (Å²) >= 11 is 0. The number of likely N-dealkylation sites (tertiary alicyclic amines) is 2. The lowest BCUT2D eigenvalue weighted by atomic mass is 9.70. The van der Waals surface area contributed by atoms with E-state index in [0.717, 1.165) is 44.1 Å². The molecule has 4 rings (SSSR count). The van der Waals surface area contributed by atoms with Crippen LogP contribution in [0.1, 0.15) is 57.2 Å². The molecule has 3 fully saturated rings. The van der Waals surface area contributed by atoms with Crippen molar-refractivity contribution in [3.63, 3.8) is 0 Å². The SMILES string of the molecule is CC(C)n1cnc([C@H]2CN(CC3CC3)C[C@@]23CCCN(C)C3=O)c1. The highest BCUT2D eigenvalue weighted by Gasteiger charge is 2.55. The molecule has 2 atom stereocenters. The summed E-state index contributed by atoms with van der Waals surface area (Å²) in [5.74, 6) is 1.45. The average molecular weight is 330 g/mol. The zero-order chi connectivity index (χ0) is 16.9. The van der Waals surface area contributed by atoms with Crippen molar-refractivity contribution in [1.29, 1.82) is 0 Å². The van der Waals surface area contributed by atoms with E-state index in [2.05, 4.69) is 29.5 Å². The number of aromatic nitrogens is 2. The predicted molar refractivity (Wildman–Crippen MR) is 93.8 cm³/mol. The maximum atomic E-state index is 13.2. The molecule has 0 unspecified atom stereocenters. The van der Waals surface area contributed by atoms with Gasteiger partial charge in [0.15, 0.2) is 0 Å². The summed E-state index contributed by atoms with van der Waals surface area (Å²) < 4.78 is 2.17. The molecule has 5 heteroatoms. The van der Waals surface area contributed by atoms with Gasteiger partial charge in [-0.3, -0.25) is 4.79 Å². The van der Waals surface area contributed by atoms with Crippen LogP contribution >= 0.6 is 0 Å². The van der Waals surface area contributed by atoms with Gasteiger partial charge in [0.2, 0.25) is 5.91 Å². The highest BCUT2D eigenvalue weighted by Crippen LogP contribution is 2.49. The van der Waals surface area contributed by atoms with Gasteiger partial charge in [-0.25, -0.2) is 4.98 Å². The molecule has 3 heterocycles. The molecule has 132 valence electrons. The van der Waals surface area contributed by atoms with Crippen LogP contribution in [0.4, 0.5) is 0 Å². The van der Waals surface area contributed by atoms with Crippen LogP contribution in [-0.2, 0) is 4.79 Å². The van der Waals surface area contributed by atoms with Crippen LogP contribution in [0.5, 0.6) is 0 Å². The monoisotopic (exact) mass is 330 g/mol. The Morgan fingerprint density at radius 1 is 1.38 bits per heavy atom. The quantitative estimate of drug-likeness (QED) is 0.852. The molecule has 2 saturated heterocycles. The van der Waals surface area contributed by atoms with Crippen molar-refractivity contribution in [2.45, 2.75) is 51.5 Å². The molecule has 24 heavy (non-hydrogen) atoms. The third-order valence-corrected chi connectivity index (χ3v) is 6.29. The van der Waals surface area contributed by atoms with E-state index >= 15 is 0 Å². The van der Waals surface area contributed by atoms with Crippen molar-refractivity contribution in [2.24, 2.45) is 11.3 Å². The molecule has 1 aromatic heterocycles. The first kappa shape index (κ1) is 16.1. The zero-order valence-corrected chi connectivity index (χ0v) is 15.2. The van der Waals surface area contributed by atoms with Gasteiger partial charge in [0, 0.05) is 51.4 Å². The number of carbonyl (C=O) groups is 1. The molecule has 1 spiro atoms. The Balaban J connectivity index is 1.65. The summed E-state index contributed by atoms with van der Waals surface area (Å²) in [4.78, 5) is 22.4.